The van der Waals surface area contributed by atoms with Crippen LogP contribution in [0.4, 0.5) is 0 Å². The summed E-state index contributed by atoms with van der Waals surface area (Å²) in [6, 6.07) is 12.1. The fourth-order valence-corrected chi connectivity index (χ4v) is 6.63. The van der Waals surface area contributed by atoms with Crippen molar-refractivity contribution in [3.8, 4) is 5.75 Å². The monoisotopic (exact) mass is 470 g/mol. The number of piperidine rings is 1. The van der Waals surface area contributed by atoms with E-state index in [0.29, 0.717) is 11.4 Å². The molecule has 1 atom stereocenters. The van der Waals surface area contributed by atoms with Gasteiger partial charge in [-0.25, -0.2) is 8.42 Å². The molecule has 2 saturated heterocycles. The van der Waals surface area contributed by atoms with E-state index in [1.807, 2.05) is 13.0 Å². The second-order valence-corrected chi connectivity index (χ2v) is 11.3. The molecule has 4 rings (SSSR count). The summed E-state index contributed by atoms with van der Waals surface area (Å²) in [5.41, 5.74) is 2.34. The van der Waals surface area contributed by atoms with E-state index in [4.69, 9.17) is 0 Å². The molecule has 2 aromatic rings. The van der Waals surface area contributed by atoms with Crippen LogP contribution in [0.1, 0.15) is 48.8 Å². The third kappa shape index (κ3) is 5.83. The van der Waals surface area contributed by atoms with Gasteiger partial charge in [0.25, 0.3) is 0 Å². The van der Waals surface area contributed by atoms with Crippen LogP contribution in [0.2, 0.25) is 0 Å². The van der Waals surface area contributed by atoms with E-state index in [9.17, 15) is 18.3 Å². The number of nitrogens with zero attached hydrogens (tertiary/aromatic N) is 2. The maximum Gasteiger partial charge on any atom is 0.243 e. The molecule has 2 heterocycles. The number of carbonyl (C=O) groups excluding carboxylic acids is 1. The maximum atomic E-state index is 13.3. The summed E-state index contributed by atoms with van der Waals surface area (Å²) in [6.45, 7) is 5.34. The van der Waals surface area contributed by atoms with Crippen molar-refractivity contribution in [2.24, 2.45) is 0 Å². The number of phenols is 1. The Balaban J connectivity index is 1.38. The molecule has 0 bridgehead atoms. The Kier molecular flexibility index (Phi) is 7.51. The smallest absolute Gasteiger partial charge is 0.243 e. The number of carbonyl (C=O) groups is 1. The molecular weight excluding hydrogens is 436 g/mol. The van der Waals surface area contributed by atoms with E-state index in [0.717, 1.165) is 49.2 Å². The van der Waals surface area contributed by atoms with Crippen LogP contribution in [-0.4, -0.2) is 60.7 Å². The largest absolute Gasteiger partial charge is 0.508 e. The molecule has 0 aromatic heterocycles. The second-order valence-electron chi connectivity index (χ2n) is 9.43. The van der Waals surface area contributed by atoms with Gasteiger partial charge in [-0.2, -0.15) is 4.31 Å². The van der Waals surface area contributed by atoms with Crippen molar-refractivity contribution in [2.75, 3.05) is 26.2 Å². The van der Waals surface area contributed by atoms with Gasteiger partial charge in [-0.1, -0.05) is 30.7 Å². The lowest BCUT2D eigenvalue weighted by Gasteiger charge is -2.32. The van der Waals surface area contributed by atoms with Crippen LogP contribution in [-0.2, 0) is 27.7 Å². The summed E-state index contributed by atoms with van der Waals surface area (Å²) in [6.07, 6.45) is 5.95. The zero-order valence-corrected chi connectivity index (χ0v) is 20.2. The number of aromatic hydroxyl groups is 1. The molecular formula is C26H34N2O4S. The lowest BCUT2D eigenvalue weighted by Crippen LogP contribution is -2.44. The third-order valence-electron chi connectivity index (χ3n) is 6.85. The molecule has 0 amide bonds. The Morgan fingerprint density at radius 3 is 2.30 bits per heavy atom. The van der Waals surface area contributed by atoms with Gasteiger partial charge in [-0.05, 0) is 80.6 Å². The van der Waals surface area contributed by atoms with Gasteiger partial charge in [0.15, 0.2) is 0 Å². The minimum absolute atomic E-state index is 0.0231. The van der Waals surface area contributed by atoms with Crippen molar-refractivity contribution in [3.63, 3.8) is 0 Å². The van der Waals surface area contributed by atoms with Gasteiger partial charge in [0.2, 0.25) is 10.0 Å². The normalized spacial score (nSPS) is 20.2. The van der Waals surface area contributed by atoms with Crippen molar-refractivity contribution in [2.45, 2.75) is 62.8 Å². The Morgan fingerprint density at radius 1 is 0.939 bits per heavy atom. The van der Waals surface area contributed by atoms with E-state index in [1.165, 1.54) is 19.3 Å². The van der Waals surface area contributed by atoms with E-state index >= 15 is 0 Å². The summed E-state index contributed by atoms with van der Waals surface area (Å²) in [5, 5.41) is 9.84. The molecule has 0 aliphatic carbocycles. The summed E-state index contributed by atoms with van der Waals surface area (Å²) >= 11 is 0. The summed E-state index contributed by atoms with van der Waals surface area (Å²) in [5.74, 6) is 0.213. The molecule has 2 fully saturated rings. The van der Waals surface area contributed by atoms with Crippen LogP contribution < -0.4 is 0 Å². The van der Waals surface area contributed by atoms with E-state index in [-0.39, 0.29) is 30.4 Å². The molecule has 0 unspecified atom stereocenters. The van der Waals surface area contributed by atoms with Gasteiger partial charge in [0.05, 0.1) is 4.90 Å². The summed E-state index contributed by atoms with van der Waals surface area (Å²) < 4.78 is 28.4. The number of phenolic OH excluding ortho intramolecular Hbond substituents is 1. The van der Waals surface area contributed by atoms with Crippen molar-refractivity contribution in [1.29, 1.82) is 0 Å². The lowest BCUT2D eigenvalue weighted by molar-refractivity contribution is -0.117. The fraction of sp³-hybridized carbons (Fsp3) is 0.500. The van der Waals surface area contributed by atoms with Gasteiger partial charge in [-0.3, -0.25) is 4.79 Å². The minimum atomic E-state index is -3.55. The highest BCUT2D eigenvalue weighted by Gasteiger charge is 2.36. The molecule has 178 valence electrons. The Labute approximate surface area is 197 Å². The first kappa shape index (κ1) is 23.9. The number of hydrogen-bond acceptors (Lipinski definition) is 5. The maximum absolute atomic E-state index is 13.3. The molecule has 0 saturated carbocycles. The van der Waals surface area contributed by atoms with Crippen molar-refractivity contribution < 1.29 is 18.3 Å². The lowest BCUT2D eigenvalue weighted by atomic mass is 10.0. The number of hydrogen-bond donors (Lipinski definition) is 1. The SMILES string of the molecule is Cc1ccc(CC(=O)Cc2ccc(S(=O)(=O)N3CCC[C@@H]3CN3CCCCC3)cc2)cc1O. The highest BCUT2D eigenvalue weighted by molar-refractivity contribution is 7.89. The topological polar surface area (TPSA) is 77.9 Å². The van der Waals surface area contributed by atoms with Gasteiger partial charge in [0.1, 0.15) is 11.5 Å². The van der Waals surface area contributed by atoms with E-state index in [2.05, 4.69) is 4.90 Å². The van der Waals surface area contributed by atoms with Crippen LogP contribution in [0, 0.1) is 6.92 Å². The van der Waals surface area contributed by atoms with Crippen LogP contribution >= 0.6 is 0 Å². The number of rotatable bonds is 8. The molecule has 33 heavy (non-hydrogen) atoms. The number of likely N-dealkylation sites (tertiary alicyclic amines) is 1. The number of aryl methyl sites for hydroxylation is 1. The molecule has 0 radical (unpaired) electrons. The highest BCUT2D eigenvalue weighted by Crippen LogP contribution is 2.28. The first-order valence-corrected chi connectivity index (χ1v) is 13.4. The predicted molar refractivity (Wildman–Crippen MR) is 129 cm³/mol. The number of ketones is 1. The first-order chi connectivity index (χ1) is 15.8. The zero-order valence-electron chi connectivity index (χ0n) is 19.4. The Bertz CT molecular complexity index is 1080. The predicted octanol–water partition coefficient (Wildman–Crippen LogP) is 3.69. The molecule has 2 aliphatic heterocycles. The number of benzene rings is 2. The highest BCUT2D eigenvalue weighted by atomic mass is 32.2. The second kappa shape index (κ2) is 10.4. The minimum Gasteiger partial charge on any atom is -0.508 e. The van der Waals surface area contributed by atoms with Crippen LogP contribution in [0.15, 0.2) is 47.4 Å². The van der Waals surface area contributed by atoms with Gasteiger partial charge < -0.3 is 10.0 Å². The zero-order chi connectivity index (χ0) is 23.4. The van der Waals surface area contributed by atoms with Crippen LogP contribution in [0.5, 0.6) is 5.75 Å². The number of sulfonamides is 1. The molecule has 0 spiro atoms. The van der Waals surface area contributed by atoms with Gasteiger partial charge in [0, 0.05) is 32.0 Å². The number of Topliss-reactive ketones (excluding diaryl/α,β-unsaturated/α-hetero) is 1. The average molecular weight is 471 g/mol. The summed E-state index contributed by atoms with van der Waals surface area (Å²) in [7, 11) is -3.55. The third-order valence-corrected chi connectivity index (χ3v) is 8.81. The van der Waals surface area contributed by atoms with Crippen molar-refractivity contribution in [1.82, 2.24) is 9.21 Å². The van der Waals surface area contributed by atoms with Gasteiger partial charge >= 0.3 is 0 Å². The first-order valence-electron chi connectivity index (χ1n) is 12.0. The van der Waals surface area contributed by atoms with Gasteiger partial charge in [-0.15, -0.1) is 0 Å². The summed E-state index contributed by atoms with van der Waals surface area (Å²) in [4.78, 5) is 15.2. The molecule has 7 heteroatoms. The van der Waals surface area contributed by atoms with Crippen molar-refractivity contribution >= 4 is 15.8 Å². The standard InChI is InChI=1S/C26H34N2O4S/c1-20-7-8-22(18-26(20)30)17-24(29)16-21-9-11-25(12-10-21)33(31,32)28-15-5-6-23(28)19-27-13-3-2-4-14-27/h7-12,18,23,30H,2-6,13-17,19H2,1H3/t23-/m1/s1. The Morgan fingerprint density at radius 2 is 1.61 bits per heavy atom. The molecule has 6 nitrogen and oxygen atoms in total. The Hall–Kier alpha value is -2.22. The van der Waals surface area contributed by atoms with Crippen LogP contribution in [0.3, 0.4) is 0 Å². The fourth-order valence-electron chi connectivity index (χ4n) is 4.95. The van der Waals surface area contributed by atoms with E-state index < -0.39 is 10.0 Å². The van der Waals surface area contributed by atoms with Crippen molar-refractivity contribution in [3.05, 3.63) is 59.2 Å². The molecule has 2 aliphatic rings. The molecule has 2 aromatic carbocycles. The van der Waals surface area contributed by atoms with Crippen LogP contribution in [0.25, 0.3) is 0 Å². The molecule has 1 N–H and O–H groups in total. The quantitative estimate of drug-likeness (QED) is 0.637. The van der Waals surface area contributed by atoms with E-state index in [1.54, 1.807) is 40.7 Å². The average Bonchev–Trinajstić information content (AvgIpc) is 3.26.